The zero-order chi connectivity index (χ0) is 17.6. The minimum Gasteiger partial charge on any atom is -0.457 e. The summed E-state index contributed by atoms with van der Waals surface area (Å²) in [6.45, 7) is -0.281. The predicted molar refractivity (Wildman–Crippen MR) is 92.9 cm³/mol. The van der Waals surface area contributed by atoms with Crippen molar-refractivity contribution in [1.29, 1.82) is 0 Å². The number of H-pyrrole nitrogens is 1. The maximum atomic E-state index is 12.0. The average Bonchev–Trinajstić information content (AvgIpc) is 2.61. The predicted octanol–water partition coefficient (Wildman–Crippen LogP) is 1.97. The first-order chi connectivity index (χ1) is 12.1. The molecule has 2 N–H and O–H groups in total. The third-order valence-corrected chi connectivity index (χ3v) is 3.31. The van der Waals surface area contributed by atoms with Gasteiger partial charge in [0.15, 0.2) is 0 Å². The van der Waals surface area contributed by atoms with Crippen LogP contribution in [0.1, 0.15) is 0 Å². The number of carbonyl (C=O) groups excluding carboxylic acids is 1. The van der Waals surface area contributed by atoms with Crippen molar-refractivity contribution in [3.63, 3.8) is 0 Å². The molecule has 0 saturated heterocycles. The number of aromatic nitrogens is 2. The number of anilines is 1. The van der Waals surface area contributed by atoms with Gasteiger partial charge >= 0.3 is 0 Å². The molecule has 7 nitrogen and oxygen atoms in total. The highest BCUT2D eigenvalue weighted by Gasteiger charge is 2.06. The third kappa shape index (κ3) is 4.44. The summed E-state index contributed by atoms with van der Waals surface area (Å²) in [7, 11) is 0. The van der Waals surface area contributed by atoms with Crippen molar-refractivity contribution in [3.05, 3.63) is 87.4 Å². The molecule has 0 fully saturated rings. The lowest BCUT2D eigenvalue weighted by atomic mass is 10.3. The molecule has 0 aliphatic rings. The largest absolute Gasteiger partial charge is 0.457 e. The zero-order valence-corrected chi connectivity index (χ0v) is 13.1. The van der Waals surface area contributed by atoms with Crippen molar-refractivity contribution < 1.29 is 9.53 Å². The summed E-state index contributed by atoms with van der Waals surface area (Å²) in [5.41, 5.74) is -0.354. The molecular formula is C18H15N3O4. The Bertz CT molecular complexity index is 975. The van der Waals surface area contributed by atoms with E-state index in [2.05, 4.69) is 10.4 Å². The number of carbonyl (C=O) groups is 1. The van der Waals surface area contributed by atoms with Gasteiger partial charge < -0.3 is 10.1 Å². The Morgan fingerprint density at radius 1 is 0.920 bits per heavy atom. The SMILES string of the molecule is O=C(Cn1[nH]c(=O)ccc1=O)Nc1ccc(Oc2ccccc2)cc1. The maximum Gasteiger partial charge on any atom is 0.265 e. The molecule has 0 saturated carbocycles. The zero-order valence-electron chi connectivity index (χ0n) is 13.1. The van der Waals surface area contributed by atoms with Gasteiger partial charge in [-0.3, -0.25) is 19.5 Å². The molecule has 0 atom stereocenters. The number of rotatable bonds is 5. The highest BCUT2D eigenvalue weighted by Crippen LogP contribution is 2.22. The Morgan fingerprint density at radius 3 is 2.32 bits per heavy atom. The Labute approximate surface area is 142 Å². The summed E-state index contributed by atoms with van der Waals surface area (Å²) < 4.78 is 6.61. The number of amides is 1. The van der Waals surface area contributed by atoms with E-state index in [9.17, 15) is 14.4 Å². The van der Waals surface area contributed by atoms with Crippen molar-refractivity contribution >= 4 is 11.6 Å². The fourth-order valence-corrected chi connectivity index (χ4v) is 2.15. The van der Waals surface area contributed by atoms with E-state index < -0.39 is 17.0 Å². The average molecular weight is 337 g/mol. The van der Waals surface area contributed by atoms with Crippen LogP contribution in [-0.2, 0) is 11.3 Å². The molecule has 0 aliphatic heterocycles. The second-order valence-corrected chi connectivity index (χ2v) is 5.22. The topological polar surface area (TPSA) is 93.2 Å². The van der Waals surface area contributed by atoms with Crippen molar-refractivity contribution in [3.8, 4) is 11.5 Å². The first-order valence-corrected chi connectivity index (χ1v) is 7.53. The van der Waals surface area contributed by atoms with Crippen LogP contribution in [0.4, 0.5) is 5.69 Å². The number of para-hydroxylation sites is 1. The number of hydrogen-bond acceptors (Lipinski definition) is 4. The lowest BCUT2D eigenvalue weighted by Crippen LogP contribution is -2.32. The van der Waals surface area contributed by atoms with Crippen molar-refractivity contribution in [2.24, 2.45) is 0 Å². The number of aromatic amines is 1. The molecular weight excluding hydrogens is 322 g/mol. The van der Waals surface area contributed by atoms with Gasteiger partial charge in [0, 0.05) is 17.8 Å². The molecule has 1 aromatic heterocycles. The van der Waals surface area contributed by atoms with Crippen LogP contribution < -0.4 is 21.2 Å². The van der Waals surface area contributed by atoms with E-state index in [1.54, 1.807) is 24.3 Å². The number of nitrogens with one attached hydrogen (secondary N) is 2. The highest BCUT2D eigenvalue weighted by atomic mass is 16.5. The fourth-order valence-electron chi connectivity index (χ4n) is 2.15. The van der Waals surface area contributed by atoms with Gasteiger partial charge in [0.2, 0.25) is 5.91 Å². The van der Waals surface area contributed by atoms with E-state index in [-0.39, 0.29) is 6.54 Å². The van der Waals surface area contributed by atoms with Gasteiger partial charge in [-0.25, -0.2) is 4.68 Å². The molecule has 7 heteroatoms. The number of nitrogens with zero attached hydrogens (tertiary/aromatic N) is 1. The van der Waals surface area contributed by atoms with E-state index in [1.807, 2.05) is 30.3 Å². The van der Waals surface area contributed by atoms with Gasteiger partial charge in [-0.2, -0.15) is 0 Å². The van der Waals surface area contributed by atoms with E-state index in [0.717, 1.165) is 16.8 Å². The first kappa shape index (κ1) is 16.3. The molecule has 3 rings (SSSR count). The van der Waals surface area contributed by atoms with Gasteiger partial charge in [0.05, 0.1) is 0 Å². The minimum absolute atomic E-state index is 0.281. The lowest BCUT2D eigenvalue weighted by Gasteiger charge is -2.09. The second kappa shape index (κ2) is 7.31. The Morgan fingerprint density at radius 2 is 1.60 bits per heavy atom. The lowest BCUT2D eigenvalue weighted by molar-refractivity contribution is -0.117. The van der Waals surface area contributed by atoms with E-state index in [4.69, 9.17) is 4.74 Å². The quantitative estimate of drug-likeness (QED) is 0.744. The van der Waals surface area contributed by atoms with Gasteiger partial charge in [0.1, 0.15) is 18.0 Å². The summed E-state index contributed by atoms with van der Waals surface area (Å²) in [4.78, 5) is 34.8. The summed E-state index contributed by atoms with van der Waals surface area (Å²) >= 11 is 0. The van der Waals surface area contributed by atoms with Crippen LogP contribution >= 0.6 is 0 Å². The van der Waals surface area contributed by atoms with Crippen LogP contribution in [0.5, 0.6) is 11.5 Å². The van der Waals surface area contributed by atoms with Crippen molar-refractivity contribution in [2.45, 2.75) is 6.54 Å². The molecule has 2 aromatic carbocycles. The Hall–Kier alpha value is -3.61. The van der Waals surface area contributed by atoms with Gasteiger partial charge in [-0.1, -0.05) is 18.2 Å². The normalized spacial score (nSPS) is 10.2. The third-order valence-electron chi connectivity index (χ3n) is 3.31. The van der Waals surface area contributed by atoms with Crippen LogP contribution in [0.15, 0.2) is 76.3 Å². The minimum atomic E-state index is -0.457. The van der Waals surface area contributed by atoms with E-state index >= 15 is 0 Å². The van der Waals surface area contributed by atoms with Gasteiger partial charge in [-0.05, 0) is 36.4 Å². The molecule has 3 aromatic rings. The Balaban J connectivity index is 1.63. The molecule has 0 radical (unpaired) electrons. The van der Waals surface area contributed by atoms with E-state index in [0.29, 0.717) is 17.2 Å². The molecule has 0 spiro atoms. The molecule has 0 unspecified atom stereocenters. The number of benzene rings is 2. The van der Waals surface area contributed by atoms with Crippen LogP contribution in [0.2, 0.25) is 0 Å². The van der Waals surface area contributed by atoms with Crippen LogP contribution in [0.3, 0.4) is 0 Å². The van der Waals surface area contributed by atoms with Gasteiger partial charge in [-0.15, -0.1) is 0 Å². The molecule has 25 heavy (non-hydrogen) atoms. The summed E-state index contributed by atoms with van der Waals surface area (Å²) in [6, 6.07) is 18.4. The molecule has 1 heterocycles. The van der Waals surface area contributed by atoms with Crippen molar-refractivity contribution in [1.82, 2.24) is 9.78 Å². The maximum absolute atomic E-state index is 12.0. The highest BCUT2D eigenvalue weighted by molar-refractivity contribution is 5.90. The standard InChI is InChI=1S/C18H15N3O4/c22-16-10-11-18(24)21(20-16)12-17(23)19-13-6-8-15(9-7-13)25-14-4-2-1-3-5-14/h1-11H,12H2,(H,19,23)(H,20,22). The van der Waals surface area contributed by atoms with Crippen molar-refractivity contribution in [2.75, 3.05) is 5.32 Å². The molecule has 0 aliphatic carbocycles. The molecule has 0 bridgehead atoms. The number of ether oxygens (including phenoxy) is 1. The van der Waals surface area contributed by atoms with Crippen LogP contribution in [-0.4, -0.2) is 15.7 Å². The first-order valence-electron chi connectivity index (χ1n) is 7.53. The summed E-state index contributed by atoms with van der Waals surface area (Å²) in [5.74, 6) is 0.917. The summed E-state index contributed by atoms with van der Waals surface area (Å²) in [6.07, 6.45) is 0. The number of hydrogen-bond donors (Lipinski definition) is 2. The smallest absolute Gasteiger partial charge is 0.265 e. The van der Waals surface area contributed by atoms with E-state index in [1.165, 1.54) is 0 Å². The Kier molecular flexibility index (Phi) is 4.75. The fraction of sp³-hybridized carbons (Fsp3) is 0.0556. The van der Waals surface area contributed by atoms with Crippen LogP contribution in [0.25, 0.3) is 0 Å². The molecule has 126 valence electrons. The monoisotopic (exact) mass is 337 g/mol. The van der Waals surface area contributed by atoms with Crippen LogP contribution in [0, 0.1) is 0 Å². The summed E-state index contributed by atoms with van der Waals surface area (Å²) in [5, 5.41) is 4.95. The molecule has 1 amide bonds. The second-order valence-electron chi connectivity index (χ2n) is 5.22. The van der Waals surface area contributed by atoms with Gasteiger partial charge in [0.25, 0.3) is 11.1 Å².